The molecule has 0 aliphatic carbocycles. The molecule has 4 nitrogen and oxygen atoms in total. The second kappa shape index (κ2) is 5.55. The monoisotopic (exact) mass is 302 g/mol. The van der Waals surface area contributed by atoms with Gasteiger partial charge in [-0.25, -0.2) is 4.39 Å². The third-order valence-corrected chi connectivity index (χ3v) is 2.88. The van der Waals surface area contributed by atoms with Crippen LogP contribution in [0.5, 0.6) is 0 Å². The van der Waals surface area contributed by atoms with Crippen molar-refractivity contribution in [3.63, 3.8) is 0 Å². The average Bonchev–Trinajstić information content (AvgIpc) is 2.40. The summed E-state index contributed by atoms with van der Waals surface area (Å²) >= 11 is 0. The Bertz CT molecular complexity index is 762. The molecule has 0 spiro atoms. The molecule has 21 heavy (non-hydrogen) atoms. The molecule has 0 amide bonds. The highest BCUT2D eigenvalue weighted by Gasteiger charge is 2.34. The van der Waals surface area contributed by atoms with Gasteiger partial charge in [0.2, 0.25) is 5.43 Å². The van der Waals surface area contributed by atoms with Crippen LogP contribution >= 0.6 is 0 Å². The fraction of sp³-hybridized carbons (Fsp3) is 0.231. The third-order valence-electron chi connectivity index (χ3n) is 2.88. The van der Waals surface area contributed by atoms with Crippen molar-refractivity contribution < 1.29 is 17.6 Å². The van der Waals surface area contributed by atoms with Gasteiger partial charge < -0.3 is 5.10 Å². The fourth-order valence-electron chi connectivity index (χ4n) is 1.82. The smallest absolute Gasteiger partial charge is 0.302 e. The van der Waals surface area contributed by atoms with Gasteiger partial charge in [-0.15, -0.1) is 0 Å². The number of aromatic nitrogens is 2. The van der Waals surface area contributed by atoms with Gasteiger partial charge >= 0.3 is 11.7 Å². The fourth-order valence-corrected chi connectivity index (χ4v) is 1.82. The van der Waals surface area contributed by atoms with Crippen LogP contribution in [0.15, 0.2) is 33.9 Å². The van der Waals surface area contributed by atoms with Crippen molar-refractivity contribution in [3.05, 3.63) is 67.5 Å². The molecule has 2 N–H and O–H groups in total. The first kappa shape index (κ1) is 15.0. The Morgan fingerprint density at radius 3 is 2.33 bits per heavy atom. The quantitative estimate of drug-likeness (QED) is 0.673. The molecule has 0 bridgehead atoms. The molecule has 0 unspecified atom stereocenters. The zero-order valence-corrected chi connectivity index (χ0v) is 10.6. The molecular formula is C13H10F4N2O2. The summed E-state index contributed by atoms with van der Waals surface area (Å²) in [7, 11) is 0. The Balaban J connectivity index is 2.19. The van der Waals surface area contributed by atoms with Gasteiger partial charge in [-0.3, -0.25) is 14.7 Å². The number of nitrogens with one attached hydrogen (secondary N) is 2. The summed E-state index contributed by atoms with van der Waals surface area (Å²) in [4.78, 5) is 22.0. The molecule has 0 fully saturated rings. The number of benzene rings is 1. The molecule has 0 aliphatic heterocycles. The summed E-state index contributed by atoms with van der Waals surface area (Å²) in [5.41, 5.74) is -2.22. The molecule has 0 radical (unpaired) electrons. The Kier molecular flexibility index (Phi) is 3.97. The Morgan fingerprint density at radius 2 is 1.71 bits per heavy atom. The third kappa shape index (κ3) is 3.59. The van der Waals surface area contributed by atoms with Gasteiger partial charge in [-0.1, -0.05) is 6.07 Å². The lowest BCUT2D eigenvalue weighted by atomic mass is 10.0. The molecule has 112 valence electrons. The van der Waals surface area contributed by atoms with Crippen LogP contribution in [0, 0.1) is 5.82 Å². The summed E-state index contributed by atoms with van der Waals surface area (Å²) in [6.07, 6.45) is -4.40. The molecule has 1 aromatic carbocycles. The Morgan fingerprint density at radius 1 is 1.00 bits per heavy atom. The van der Waals surface area contributed by atoms with Crippen LogP contribution in [0.25, 0.3) is 0 Å². The van der Waals surface area contributed by atoms with Crippen LogP contribution in [-0.4, -0.2) is 10.2 Å². The molecule has 1 aromatic heterocycles. The lowest BCUT2D eigenvalue weighted by molar-refractivity contribution is -0.140. The van der Waals surface area contributed by atoms with E-state index >= 15 is 0 Å². The first-order valence-corrected chi connectivity index (χ1v) is 5.94. The first-order valence-electron chi connectivity index (χ1n) is 5.94. The van der Waals surface area contributed by atoms with Crippen molar-refractivity contribution in [3.8, 4) is 0 Å². The highest BCUT2D eigenvalue weighted by molar-refractivity contribution is 5.28. The number of aryl methyl sites for hydroxylation is 2. The van der Waals surface area contributed by atoms with E-state index in [2.05, 4.69) is 10.2 Å². The van der Waals surface area contributed by atoms with Gasteiger partial charge in [0.15, 0.2) is 0 Å². The van der Waals surface area contributed by atoms with E-state index in [-0.39, 0.29) is 18.4 Å². The number of alkyl halides is 3. The summed E-state index contributed by atoms with van der Waals surface area (Å²) in [6.45, 7) is 0. The van der Waals surface area contributed by atoms with E-state index in [1.807, 2.05) is 0 Å². The topological polar surface area (TPSA) is 65.7 Å². The normalized spacial score (nSPS) is 11.6. The zero-order valence-electron chi connectivity index (χ0n) is 10.6. The van der Waals surface area contributed by atoms with E-state index in [4.69, 9.17) is 0 Å². The molecule has 8 heteroatoms. The molecular weight excluding hydrogens is 292 g/mol. The minimum Gasteiger partial charge on any atom is -0.302 e. The number of aromatic amines is 2. The number of hydrogen-bond acceptors (Lipinski definition) is 2. The predicted molar refractivity (Wildman–Crippen MR) is 66.5 cm³/mol. The Hall–Kier alpha value is -2.38. The van der Waals surface area contributed by atoms with Crippen LogP contribution in [0.2, 0.25) is 0 Å². The standard InChI is InChI=1S/C13H10F4N2O2/c14-10-4-2-7(5-9(10)13(15,16)17)1-3-8-6-11(20)12(21)19-18-8/h2,4-6H,1,3H2,(H,18,20)(H,19,21). The molecule has 2 rings (SSSR count). The minimum atomic E-state index is -4.76. The van der Waals surface area contributed by atoms with Crippen molar-refractivity contribution in [1.82, 2.24) is 10.2 Å². The number of hydrogen-bond donors (Lipinski definition) is 2. The summed E-state index contributed by atoms with van der Waals surface area (Å²) in [6, 6.07) is 3.81. The predicted octanol–water partition coefficient (Wildman–Crippen LogP) is 2.01. The average molecular weight is 302 g/mol. The zero-order chi connectivity index (χ0) is 15.6. The van der Waals surface area contributed by atoms with Gasteiger partial charge in [0.05, 0.1) is 5.56 Å². The van der Waals surface area contributed by atoms with E-state index in [1.165, 1.54) is 6.07 Å². The van der Waals surface area contributed by atoms with Crippen LogP contribution in [0.1, 0.15) is 16.8 Å². The lowest BCUT2D eigenvalue weighted by Crippen LogP contribution is -2.27. The summed E-state index contributed by atoms with van der Waals surface area (Å²) in [5, 5.41) is 4.59. The molecule has 0 saturated carbocycles. The molecule has 0 saturated heterocycles. The van der Waals surface area contributed by atoms with Gasteiger partial charge in [0.25, 0.3) is 0 Å². The largest absolute Gasteiger partial charge is 0.419 e. The number of rotatable bonds is 3. The highest BCUT2D eigenvalue weighted by atomic mass is 19.4. The highest BCUT2D eigenvalue weighted by Crippen LogP contribution is 2.32. The first-order chi connectivity index (χ1) is 9.77. The molecule has 1 heterocycles. The second-order valence-corrected chi connectivity index (χ2v) is 4.42. The summed E-state index contributed by atoms with van der Waals surface area (Å²) < 4.78 is 50.8. The van der Waals surface area contributed by atoms with Crippen LogP contribution in [-0.2, 0) is 19.0 Å². The van der Waals surface area contributed by atoms with Crippen molar-refractivity contribution in [2.75, 3.05) is 0 Å². The lowest BCUT2D eigenvalue weighted by Gasteiger charge is -2.10. The molecule has 2 aromatic rings. The maximum Gasteiger partial charge on any atom is 0.419 e. The number of halogens is 4. The van der Waals surface area contributed by atoms with Gasteiger partial charge in [0, 0.05) is 11.8 Å². The number of H-pyrrole nitrogens is 2. The van der Waals surface area contributed by atoms with Crippen molar-refractivity contribution in [1.29, 1.82) is 0 Å². The van der Waals surface area contributed by atoms with Gasteiger partial charge in [-0.2, -0.15) is 13.2 Å². The van der Waals surface area contributed by atoms with Crippen LogP contribution < -0.4 is 11.0 Å². The maximum atomic E-state index is 13.1. The SMILES string of the molecule is O=c1cc(CCc2ccc(F)c(C(F)(F)F)c2)[nH][nH]c1=O. The molecule has 0 aliphatic rings. The van der Waals surface area contributed by atoms with Gasteiger partial charge in [-0.05, 0) is 30.5 Å². The maximum absolute atomic E-state index is 13.1. The summed E-state index contributed by atoms with van der Waals surface area (Å²) in [5.74, 6) is -1.33. The van der Waals surface area contributed by atoms with Gasteiger partial charge in [0.1, 0.15) is 5.82 Å². The van der Waals surface area contributed by atoms with E-state index in [0.29, 0.717) is 5.69 Å². The van der Waals surface area contributed by atoms with Crippen molar-refractivity contribution >= 4 is 0 Å². The molecule has 0 atom stereocenters. The van der Waals surface area contributed by atoms with E-state index < -0.39 is 28.5 Å². The Labute approximate surface area is 115 Å². The van der Waals surface area contributed by atoms with Crippen molar-refractivity contribution in [2.24, 2.45) is 0 Å². The van der Waals surface area contributed by atoms with E-state index in [1.54, 1.807) is 0 Å². The second-order valence-electron chi connectivity index (χ2n) is 4.42. The minimum absolute atomic E-state index is 0.158. The van der Waals surface area contributed by atoms with E-state index in [0.717, 1.165) is 18.2 Å². The van der Waals surface area contributed by atoms with Crippen LogP contribution in [0.3, 0.4) is 0 Å². The van der Waals surface area contributed by atoms with Crippen molar-refractivity contribution in [2.45, 2.75) is 19.0 Å². The van der Waals surface area contributed by atoms with Crippen LogP contribution in [0.4, 0.5) is 17.6 Å². The van der Waals surface area contributed by atoms with E-state index in [9.17, 15) is 27.2 Å².